The largest absolute Gasteiger partial charge is 0.369 e. The van der Waals surface area contributed by atoms with Crippen LogP contribution in [0.2, 0.25) is 0 Å². The van der Waals surface area contributed by atoms with E-state index in [-0.39, 0.29) is 23.1 Å². The minimum absolute atomic E-state index is 0.166. The number of aryl methyl sites for hydroxylation is 3. The van der Waals surface area contributed by atoms with Crippen molar-refractivity contribution in [2.45, 2.75) is 58.3 Å². The van der Waals surface area contributed by atoms with Crippen molar-refractivity contribution in [2.75, 3.05) is 0 Å². The second-order valence-electron chi connectivity index (χ2n) is 9.73. The number of benzene rings is 3. The number of primary amides is 1. The lowest BCUT2D eigenvalue weighted by atomic mass is 9.92. The maximum Gasteiger partial charge on any atom is 0.268 e. The predicted octanol–water partition coefficient (Wildman–Crippen LogP) is 5.55. The van der Waals surface area contributed by atoms with Gasteiger partial charge in [-0.1, -0.05) is 49.7 Å². The van der Waals surface area contributed by atoms with E-state index in [9.17, 15) is 13.2 Å². The second kappa shape index (κ2) is 9.34. The number of aromatic nitrogens is 1. The summed E-state index contributed by atoms with van der Waals surface area (Å²) in [4.78, 5) is 11.6. The van der Waals surface area contributed by atoms with Crippen molar-refractivity contribution in [3.63, 3.8) is 0 Å². The second-order valence-corrected chi connectivity index (χ2v) is 11.5. The summed E-state index contributed by atoms with van der Waals surface area (Å²) in [5.41, 5.74) is 13.5. The van der Waals surface area contributed by atoms with Gasteiger partial charge in [-0.25, -0.2) is 12.4 Å². The molecule has 1 heterocycles. The van der Waals surface area contributed by atoms with Crippen molar-refractivity contribution >= 4 is 26.8 Å². The standard InChI is InChI=1S/C29H32N2O3S/c1-18(2)27-17-31(35(33,34)24-9-6-19(3)7-10-24)28-11-8-22(15-26(27)28)14-25-20(4)12-23(13-21(25)5)16-29(30)32/h6-13,15,17-18H,14,16H2,1-5H3,(H2,30,32). The fourth-order valence-electron chi connectivity index (χ4n) is 4.73. The number of hydrogen-bond acceptors (Lipinski definition) is 3. The van der Waals surface area contributed by atoms with Crippen LogP contribution in [0, 0.1) is 20.8 Å². The van der Waals surface area contributed by atoms with E-state index < -0.39 is 10.0 Å². The molecule has 4 rings (SSSR count). The van der Waals surface area contributed by atoms with Crippen molar-refractivity contribution in [2.24, 2.45) is 5.73 Å². The zero-order chi connectivity index (χ0) is 25.5. The molecule has 0 spiro atoms. The van der Waals surface area contributed by atoms with Gasteiger partial charge in [-0.15, -0.1) is 0 Å². The van der Waals surface area contributed by atoms with Gasteiger partial charge in [0.25, 0.3) is 10.0 Å². The smallest absolute Gasteiger partial charge is 0.268 e. The highest BCUT2D eigenvalue weighted by Gasteiger charge is 2.22. The summed E-state index contributed by atoms with van der Waals surface area (Å²) in [5.74, 6) is -0.174. The molecule has 0 saturated heterocycles. The summed E-state index contributed by atoms with van der Waals surface area (Å²) in [6, 6.07) is 17.0. The number of nitrogens with zero attached hydrogens (tertiary/aromatic N) is 1. The Morgan fingerprint density at radius 1 is 0.914 bits per heavy atom. The van der Waals surface area contributed by atoms with Gasteiger partial charge >= 0.3 is 0 Å². The van der Waals surface area contributed by atoms with Crippen LogP contribution < -0.4 is 5.73 Å². The molecular weight excluding hydrogens is 456 g/mol. The summed E-state index contributed by atoms with van der Waals surface area (Å²) in [6.45, 7) is 10.2. The van der Waals surface area contributed by atoms with Gasteiger partial charge in [-0.3, -0.25) is 4.79 Å². The zero-order valence-corrected chi connectivity index (χ0v) is 21.7. The third kappa shape index (κ3) is 4.89. The zero-order valence-electron chi connectivity index (χ0n) is 20.9. The van der Waals surface area contributed by atoms with Crippen molar-refractivity contribution in [3.8, 4) is 0 Å². The van der Waals surface area contributed by atoms with E-state index in [0.29, 0.717) is 5.52 Å². The molecule has 5 nitrogen and oxygen atoms in total. The number of carbonyl (C=O) groups excluding carboxylic acids is 1. The van der Waals surface area contributed by atoms with Gasteiger partial charge in [-0.2, -0.15) is 0 Å². The first kappa shape index (κ1) is 24.7. The third-order valence-corrected chi connectivity index (χ3v) is 8.27. The molecule has 0 aliphatic heterocycles. The van der Waals surface area contributed by atoms with Gasteiger partial charge in [0, 0.05) is 11.6 Å². The number of nitrogens with two attached hydrogens (primary N) is 1. The van der Waals surface area contributed by atoms with Crippen LogP contribution in [-0.4, -0.2) is 18.3 Å². The van der Waals surface area contributed by atoms with Crippen LogP contribution in [-0.2, 0) is 27.7 Å². The number of amides is 1. The van der Waals surface area contributed by atoms with Gasteiger partial charge < -0.3 is 5.73 Å². The molecule has 2 N–H and O–H groups in total. The van der Waals surface area contributed by atoms with E-state index in [4.69, 9.17) is 5.73 Å². The van der Waals surface area contributed by atoms with Crippen molar-refractivity contribution in [1.82, 2.24) is 3.97 Å². The average Bonchev–Trinajstić information content (AvgIpc) is 3.16. The number of hydrogen-bond donors (Lipinski definition) is 1. The fraction of sp³-hybridized carbons (Fsp3) is 0.276. The van der Waals surface area contributed by atoms with E-state index in [1.54, 1.807) is 18.3 Å². The summed E-state index contributed by atoms with van der Waals surface area (Å²) >= 11 is 0. The molecule has 0 fully saturated rings. The lowest BCUT2D eigenvalue weighted by molar-refractivity contribution is -0.117. The average molecular weight is 489 g/mol. The SMILES string of the molecule is Cc1ccc(S(=O)(=O)n2cc(C(C)C)c3cc(Cc4c(C)cc(CC(N)=O)cc4C)ccc32)cc1. The summed E-state index contributed by atoms with van der Waals surface area (Å²) < 4.78 is 28.4. The molecule has 182 valence electrons. The Kier molecular flexibility index (Phi) is 6.60. The molecule has 3 aromatic carbocycles. The number of rotatable bonds is 7. The molecule has 0 bridgehead atoms. The van der Waals surface area contributed by atoms with E-state index in [1.165, 1.54) is 9.54 Å². The molecule has 0 atom stereocenters. The summed E-state index contributed by atoms with van der Waals surface area (Å²) in [6.07, 6.45) is 2.72. The van der Waals surface area contributed by atoms with Gasteiger partial charge in [0.2, 0.25) is 5.91 Å². The molecule has 0 saturated carbocycles. The van der Waals surface area contributed by atoms with E-state index in [2.05, 4.69) is 33.8 Å². The molecule has 35 heavy (non-hydrogen) atoms. The molecule has 4 aromatic rings. The lowest BCUT2D eigenvalue weighted by Gasteiger charge is -2.13. The monoisotopic (exact) mass is 488 g/mol. The minimum atomic E-state index is -3.72. The number of fused-ring (bicyclic) bond motifs is 1. The Morgan fingerprint density at radius 2 is 1.54 bits per heavy atom. The summed E-state index contributed by atoms with van der Waals surface area (Å²) in [7, 11) is -3.72. The van der Waals surface area contributed by atoms with Gasteiger partial charge in [0.15, 0.2) is 0 Å². The molecule has 1 amide bonds. The van der Waals surface area contributed by atoms with Crippen LogP contribution in [0.25, 0.3) is 10.9 Å². The van der Waals surface area contributed by atoms with Crippen LogP contribution in [0.1, 0.15) is 58.7 Å². The molecule has 0 unspecified atom stereocenters. The third-order valence-electron chi connectivity index (χ3n) is 6.58. The van der Waals surface area contributed by atoms with Gasteiger partial charge in [-0.05, 0) is 90.8 Å². The van der Waals surface area contributed by atoms with Gasteiger partial charge in [0.05, 0.1) is 16.8 Å². The Balaban J connectivity index is 1.78. The first-order chi connectivity index (χ1) is 16.5. The maximum atomic E-state index is 13.5. The van der Waals surface area contributed by atoms with Crippen LogP contribution in [0.5, 0.6) is 0 Å². The first-order valence-corrected chi connectivity index (χ1v) is 13.2. The Labute approximate surface area is 207 Å². The molecule has 0 aliphatic rings. The predicted molar refractivity (Wildman–Crippen MR) is 141 cm³/mol. The van der Waals surface area contributed by atoms with Crippen molar-refractivity contribution in [3.05, 3.63) is 99.7 Å². The van der Waals surface area contributed by atoms with Crippen LogP contribution >= 0.6 is 0 Å². The lowest BCUT2D eigenvalue weighted by Crippen LogP contribution is -2.14. The highest BCUT2D eigenvalue weighted by Crippen LogP contribution is 2.32. The Bertz CT molecular complexity index is 1510. The molecule has 0 radical (unpaired) electrons. The van der Waals surface area contributed by atoms with E-state index >= 15 is 0 Å². The Morgan fingerprint density at radius 3 is 2.11 bits per heavy atom. The summed E-state index contributed by atoms with van der Waals surface area (Å²) in [5, 5.41) is 0.953. The molecule has 6 heteroatoms. The van der Waals surface area contributed by atoms with E-state index in [1.807, 2.05) is 43.3 Å². The quantitative estimate of drug-likeness (QED) is 0.370. The van der Waals surface area contributed by atoms with Crippen LogP contribution in [0.15, 0.2) is 65.7 Å². The topological polar surface area (TPSA) is 82.2 Å². The molecule has 0 aliphatic carbocycles. The van der Waals surface area contributed by atoms with E-state index in [0.717, 1.165) is 45.2 Å². The fourth-order valence-corrected chi connectivity index (χ4v) is 6.11. The molecular formula is C29H32N2O3S. The number of carbonyl (C=O) groups is 1. The minimum Gasteiger partial charge on any atom is -0.369 e. The molecule has 1 aromatic heterocycles. The maximum absolute atomic E-state index is 13.5. The van der Waals surface area contributed by atoms with Crippen molar-refractivity contribution < 1.29 is 13.2 Å². The van der Waals surface area contributed by atoms with Crippen LogP contribution in [0.4, 0.5) is 0 Å². The van der Waals surface area contributed by atoms with Gasteiger partial charge in [0.1, 0.15) is 0 Å². The highest BCUT2D eigenvalue weighted by atomic mass is 32.2. The van der Waals surface area contributed by atoms with Crippen molar-refractivity contribution in [1.29, 1.82) is 0 Å². The highest BCUT2D eigenvalue weighted by molar-refractivity contribution is 7.90. The Hall–Kier alpha value is -3.38. The normalized spacial score (nSPS) is 11.9. The first-order valence-electron chi connectivity index (χ1n) is 11.8. The van der Waals surface area contributed by atoms with Crippen LogP contribution in [0.3, 0.4) is 0 Å².